The van der Waals surface area contributed by atoms with E-state index in [2.05, 4.69) is 25.5 Å². The highest BCUT2D eigenvalue weighted by molar-refractivity contribution is 7.88. The van der Waals surface area contributed by atoms with E-state index in [0.717, 1.165) is 22.9 Å². The summed E-state index contributed by atoms with van der Waals surface area (Å²) in [7, 11) is -3.21. The summed E-state index contributed by atoms with van der Waals surface area (Å²) >= 11 is 0. The van der Waals surface area contributed by atoms with Crippen molar-refractivity contribution in [3.8, 4) is 0 Å². The average molecular weight is 440 g/mol. The van der Waals surface area contributed by atoms with Crippen LogP contribution >= 0.6 is 0 Å². The van der Waals surface area contributed by atoms with Crippen LogP contribution in [0.2, 0.25) is 0 Å². The lowest BCUT2D eigenvalue weighted by Gasteiger charge is -2.30. The molecule has 4 rings (SSSR count). The molecule has 0 saturated carbocycles. The molecule has 0 aromatic carbocycles. The van der Waals surface area contributed by atoms with E-state index in [-0.39, 0.29) is 5.92 Å². The molecule has 10 nitrogen and oxygen atoms in total. The number of halogens is 2. The van der Waals surface area contributed by atoms with Gasteiger partial charge in [-0.05, 0) is 18.8 Å². The summed E-state index contributed by atoms with van der Waals surface area (Å²) in [6.07, 6.45) is 6.63. The fourth-order valence-electron chi connectivity index (χ4n) is 3.58. The molecule has 30 heavy (non-hydrogen) atoms. The summed E-state index contributed by atoms with van der Waals surface area (Å²) in [6.45, 7) is 1.06. The Morgan fingerprint density at radius 3 is 2.87 bits per heavy atom. The number of aromatic nitrogens is 6. The van der Waals surface area contributed by atoms with Crippen LogP contribution in [0, 0.1) is 5.92 Å². The van der Waals surface area contributed by atoms with Crippen molar-refractivity contribution in [2.24, 2.45) is 5.92 Å². The molecule has 1 fully saturated rings. The van der Waals surface area contributed by atoms with Gasteiger partial charge in [-0.3, -0.25) is 4.68 Å². The maximum atomic E-state index is 12.5. The van der Waals surface area contributed by atoms with Gasteiger partial charge in [0.15, 0.2) is 5.65 Å². The van der Waals surface area contributed by atoms with Gasteiger partial charge in [-0.1, -0.05) is 0 Å². The lowest BCUT2D eigenvalue weighted by atomic mass is 10.00. The Bertz CT molecular complexity index is 1130. The predicted octanol–water partition coefficient (Wildman–Crippen LogP) is 1.70. The van der Waals surface area contributed by atoms with Crippen LogP contribution in [0.15, 0.2) is 24.8 Å². The van der Waals surface area contributed by atoms with E-state index < -0.39 is 23.0 Å². The molecule has 0 radical (unpaired) electrons. The van der Waals surface area contributed by atoms with Crippen molar-refractivity contribution in [1.29, 1.82) is 0 Å². The van der Waals surface area contributed by atoms with Crippen LogP contribution in [0.1, 0.15) is 12.8 Å². The zero-order chi connectivity index (χ0) is 21.3. The molecule has 4 heterocycles. The predicted molar refractivity (Wildman–Crippen MR) is 106 cm³/mol. The van der Waals surface area contributed by atoms with Crippen molar-refractivity contribution in [2.75, 3.05) is 24.7 Å². The van der Waals surface area contributed by atoms with Crippen LogP contribution in [0.25, 0.3) is 11.0 Å². The molecule has 1 saturated heterocycles. The van der Waals surface area contributed by atoms with E-state index in [0.29, 0.717) is 36.9 Å². The maximum absolute atomic E-state index is 12.5. The average Bonchev–Trinajstić information content (AvgIpc) is 3.28. The zero-order valence-corrected chi connectivity index (χ0v) is 17.1. The molecule has 0 bridgehead atoms. The number of rotatable bonds is 7. The SMILES string of the molecule is CS(=O)(=O)N1CCCC(Cn2ncc3cnc(Nc4cnn(CC(F)F)c4)nc32)C1. The van der Waals surface area contributed by atoms with Crippen LogP contribution in [-0.4, -0.2) is 68.0 Å². The van der Waals surface area contributed by atoms with Crippen LogP contribution in [0.5, 0.6) is 0 Å². The first-order chi connectivity index (χ1) is 14.3. The van der Waals surface area contributed by atoms with E-state index in [1.807, 2.05) is 0 Å². The molecule has 162 valence electrons. The highest BCUT2D eigenvalue weighted by Crippen LogP contribution is 2.22. The standard InChI is InChI=1S/C17H22F2N8O2S/c1-30(28,29)26-4-2-3-12(8-26)9-27-16-13(6-22-27)5-20-17(24-16)23-14-7-21-25(10-14)11-15(18)19/h5-7,10,12,15H,2-4,8-9,11H2,1H3,(H,20,23,24). The van der Waals surface area contributed by atoms with Gasteiger partial charge in [0.05, 0.1) is 29.7 Å². The second kappa shape index (κ2) is 8.22. The Morgan fingerprint density at radius 2 is 2.10 bits per heavy atom. The van der Waals surface area contributed by atoms with Gasteiger partial charge in [0, 0.05) is 32.0 Å². The first kappa shape index (κ1) is 20.6. The molecular weight excluding hydrogens is 418 g/mol. The number of hydrogen-bond acceptors (Lipinski definition) is 7. The summed E-state index contributed by atoms with van der Waals surface area (Å²) in [4.78, 5) is 8.72. The van der Waals surface area contributed by atoms with Crippen LogP contribution in [0.3, 0.4) is 0 Å². The lowest BCUT2D eigenvalue weighted by Crippen LogP contribution is -2.40. The molecule has 0 aliphatic carbocycles. The molecule has 13 heteroatoms. The highest BCUT2D eigenvalue weighted by atomic mass is 32.2. The minimum atomic E-state index is -3.21. The van der Waals surface area contributed by atoms with Gasteiger partial charge in [-0.15, -0.1) is 0 Å². The number of fused-ring (bicyclic) bond motifs is 1. The topological polar surface area (TPSA) is 111 Å². The Hall–Kier alpha value is -2.67. The van der Waals surface area contributed by atoms with Gasteiger partial charge in [-0.25, -0.2) is 31.2 Å². The third-order valence-electron chi connectivity index (χ3n) is 4.97. The third kappa shape index (κ3) is 4.73. The minimum Gasteiger partial charge on any atom is -0.321 e. The fourth-order valence-corrected chi connectivity index (χ4v) is 4.52. The largest absolute Gasteiger partial charge is 0.321 e. The number of sulfonamides is 1. The first-order valence-corrected chi connectivity index (χ1v) is 11.3. The Morgan fingerprint density at radius 1 is 1.27 bits per heavy atom. The highest BCUT2D eigenvalue weighted by Gasteiger charge is 2.26. The van der Waals surface area contributed by atoms with Gasteiger partial charge in [0.1, 0.15) is 6.54 Å². The van der Waals surface area contributed by atoms with Crippen molar-refractivity contribution >= 4 is 32.7 Å². The van der Waals surface area contributed by atoms with Gasteiger partial charge in [0.25, 0.3) is 6.43 Å². The summed E-state index contributed by atoms with van der Waals surface area (Å²) in [5.41, 5.74) is 1.11. The molecule has 1 aliphatic heterocycles. The van der Waals surface area contributed by atoms with Crippen molar-refractivity contribution < 1.29 is 17.2 Å². The van der Waals surface area contributed by atoms with E-state index in [4.69, 9.17) is 0 Å². The maximum Gasteiger partial charge on any atom is 0.257 e. The molecule has 0 spiro atoms. The Balaban J connectivity index is 1.49. The Labute approximate surface area is 172 Å². The first-order valence-electron chi connectivity index (χ1n) is 9.49. The molecule has 1 atom stereocenters. The number of nitrogens with one attached hydrogen (secondary N) is 1. The number of hydrogen-bond donors (Lipinski definition) is 1. The minimum absolute atomic E-state index is 0.135. The van der Waals surface area contributed by atoms with Crippen molar-refractivity contribution in [3.63, 3.8) is 0 Å². The number of nitrogens with zero attached hydrogens (tertiary/aromatic N) is 7. The molecule has 1 unspecified atom stereocenters. The monoisotopic (exact) mass is 440 g/mol. The van der Waals surface area contributed by atoms with Crippen LogP contribution in [0.4, 0.5) is 20.4 Å². The molecular formula is C17H22F2N8O2S. The molecule has 0 amide bonds. The van der Waals surface area contributed by atoms with E-state index in [1.165, 1.54) is 23.0 Å². The van der Waals surface area contributed by atoms with Crippen molar-refractivity contribution in [3.05, 3.63) is 24.8 Å². The van der Waals surface area contributed by atoms with Crippen molar-refractivity contribution in [1.82, 2.24) is 33.8 Å². The summed E-state index contributed by atoms with van der Waals surface area (Å²) in [5, 5.41) is 12.0. The summed E-state index contributed by atoms with van der Waals surface area (Å²) in [5.74, 6) is 0.429. The Kier molecular flexibility index (Phi) is 5.64. The van der Waals surface area contributed by atoms with Gasteiger partial charge in [-0.2, -0.15) is 15.2 Å². The van der Waals surface area contributed by atoms with Gasteiger partial charge in [0.2, 0.25) is 16.0 Å². The summed E-state index contributed by atoms with van der Waals surface area (Å²) in [6, 6.07) is 0. The third-order valence-corrected chi connectivity index (χ3v) is 6.24. The summed E-state index contributed by atoms with van der Waals surface area (Å²) < 4.78 is 53.0. The number of alkyl halides is 2. The molecule has 1 aliphatic rings. The quantitative estimate of drug-likeness (QED) is 0.595. The van der Waals surface area contributed by atoms with E-state index >= 15 is 0 Å². The lowest BCUT2D eigenvalue weighted by molar-refractivity contribution is 0.122. The fraction of sp³-hybridized carbons (Fsp3) is 0.529. The smallest absolute Gasteiger partial charge is 0.257 e. The van der Waals surface area contributed by atoms with Gasteiger partial charge < -0.3 is 5.32 Å². The van der Waals surface area contributed by atoms with E-state index in [1.54, 1.807) is 17.1 Å². The molecule has 3 aromatic rings. The molecule has 3 aromatic heterocycles. The normalized spacial score (nSPS) is 18.3. The van der Waals surface area contributed by atoms with E-state index in [9.17, 15) is 17.2 Å². The second-order valence-electron chi connectivity index (χ2n) is 7.40. The van der Waals surface area contributed by atoms with Gasteiger partial charge >= 0.3 is 0 Å². The van der Waals surface area contributed by atoms with Crippen molar-refractivity contribution in [2.45, 2.75) is 32.4 Å². The van der Waals surface area contributed by atoms with Crippen LogP contribution in [-0.2, 0) is 23.1 Å². The molecule has 1 N–H and O–H groups in total. The second-order valence-corrected chi connectivity index (χ2v) is 9.38. The number of piperidine rings is 1. The number of anilines is 2. The van der Waals surface area contributed by atoms with Crippen LogP contribution < -0.4 is 5.32 Å². The zero-order valence-electron chi connectivity index (χ0n) is 16.3.